The van der Waals surface area contributed by atoms with E-state index < -0.39 is 11.1 Å². The predicted octanol–water partition coefficient (Wildman–Crippen LogP) is 18.7. The zero-order valence-corrected chi connectivity index (χ0v) is 48.9. The number of anilines is 4. The molecule has 5 heteroatoms. The summed E-state index contributed by atoms with van der Waals surface area (Å²) in [6.45, 7) is 39.6. The lowest BCUT2D eigenvalue weighted by Crippen LogP contribution is -2.60. The van der Waals surface area contributed by atoms with E-state index in [4.69, 9.17) is 9.98 Å². The Morgan fingerprint density at radius 1 is 0.468 bits per heavy atom. The van der Waals surface area contributed by atoms with Crippen molar-refractivity contribution < 1.29 is 0 Å². The zero-order chi connectivity index (χ0) is 54.9. The van der Waals surface area contributed by atoms with Gasteiger partial charge in [-0.25, -0.2) is 4.98 Å². The summed E-state index contributed by atoms with van der Waals surface area (Å²) in [7, 11) is 0. The van der Waals surface area contributed by atoms with Crippen molar-refractivity contribution in [3.05, 3.63) is 225 Å². The van der Waals surface area contributed by atoms with Gasteiger partial charge in [0.15, 0.2) is 0 Å². The van der Waals surface area contributed by atoms with Crippen LogP contribution in [0.5, 0.6) is 0 Å². The zero-order valence-electron chi connectivity index (χ0n) is 48.9. The molecule has 0 radical (unpaired) electrons. The maximum Gasteiger partial charge on any atom is 0.137 e. The molecule has 0 saturated carbocycles. The van der Waals surface area contributed by atoms with E-state index in [1.54, 1.807) is 0 Å². The SMILES string of the molecule is Cc1cc(C2=NC(C)(C)[C@](C)(C(c3ccccc3)c3ccccc3)N2c2cc(C(C)(C)C)cc(C(C)(C)C)c2)cc(N2c3ccc(C)cc3C(C)(C)c3cc4c5cc(C)ccc5n(-c5cc(C(C)(C)C)ccn5)c4cc32)c1. The molecular weight excluding hydrogens is 935 g/mol. The molecule has 77 heavy (non-hydrogen) atoms. The number of nitrogens with zero attached hydrogens (tertiary/aromatic N) is 5. The lowest BCUT2D eigenvalue weighted by atomic mass is 9.66. The van der Waals surface area contributed by atoms with Crippen LogP contribution in [-0.2, 0) is 21.7 Å². The van der Waals surface area contributed by atoms with Gasteiger partial charge in [-0.2, -0.15) is 0 Å². The van der Waals surface area contributed by atoms with Crippen LogP contribution in [0.25, 0.3) is 27.6 Å². The highest BCUT2D eigenvalue weighted by atomic mass is 15.3. The Morgan fingerprint density at radius 2 is 1.04 bits per heavy atom. The van der Waals surface area contributed by atoms with Crippen LogP contribution in [0.15, 0.2) is 169 Å². The first kappa shape index (κ1) is 51.8. The summed E-state index contributed by atoms with van der Waals surface area (Å²) >= 11 is 0. The van der Waals surface area contributed by atoms with Gasteiger partial charge in [0.2, 0.25) is 0 Å². The van der Waals surface area contributed by atoms with Crippen molar-refractivity contribution in [3.63, 3.8) is 0 Å². The minimum absolute atomic E-state index is 0.0438. The summed E-state index contributed by atoms with van der Waals surface area (Å²) in [4.78, 5) is 16.4. The summed E-state index contributed by atoms with van der Waals surface area (Å²) in [6.07, 6.45) is 1.98. The number of hydrogen-bond acceptors (Lipinski definition) is 4. The number of fused-ring (bicyclic) bond motifs is 5. The van der Waals surface area contributed by atoms with Gasteiger partial charge in [-0.1, -0.05) is 172 Å². The standard InChI is InChI=1S/C72H79N5/c1-45-28-30-60-56(36-45)57-43-59-63(44-62(57)76(60)64-42-51(32-33-73-64)67(4,5)6)75(61-31-29-46(2)37-58(61)70(59,13)14)54-35-47(3)34-50(38-54)66-74-71(15,16)72(17,65(48-24-20-18-21-25-48)49-26-22-19-23-27-49)77(66)55-40-52(68(7,8)9)39-53(41-55)69(10,11)12/h18-44,65H,1-17H3/t72-/m0/s1. The molecule has 2 aliphatic rings. The van der Waals surface area contributed by atoms with Crippen molar-refractivity contribution in [3.8, 4) is 5.82 Å². The fourth-order valence-corrected chi connectivity index (χ4v) is 12.8. The second kappa shape index (κ2) is 17.9. The van der Waals surface area contributed by atoms with Crippen LogP contribution in [0.4, 0.5) is 22.7 Å². The molecule has 7 aromatic carbocycles. The Morgan fingerprint density at radius 3 is 1.65 bits per heavy atom. The Labute approximate surface area is 459 Å². The first-order chi connectivity index (χ1) is 36.2. The number of pyridine rings is 1. The molecule has 2 aromatic heterocycles. The highest BCUT2D eigenvalue weighted by molar-refractivity contribution is 6.15. The number of rotatable bonds is 7. The molecule has 2 aliphatic heterocycles. The van der Waals surface area contributed by atoms with Crippen molar-refractivity contribution in [2.24, 2.45) is 4.99 Å². The van der Waals surface area contributed by atoms with E-state index >= 15 is 0 Å². The second-order valence-electron chi connectivity index (χ2n) is 26.9. The molecule has 0 bridgehead atoms. The van der Waals surface area contributed by atoms with Crippen molar-refractivity contribution in [1.29, 1.82) is 0 Å². The van der Waals surface area contributed by atoms with E-state index in [1.165, 1.54) is 77.8 Å². The summed E-state index contributed by atoms with van der Waals surface area (Å²) in [5, 5.41) is 2.47. The molecule has 0 N–H and O–H groups in total. The van der Waals surface area contributed by atoms with Crippen LogP contribution in [0.2, 0.25) is 0 Å². The lowest BCUT2D eigenvalue weighted by molar-refractivity contribution is 0.279. The maximum atomic E-state index is 6.06. The minimum Gasteiger partial charge on any atom is -0.317 e. The highest BCUT2D eigenvalue weighted by Gasteiger charge is 2.58. The Kier molecular flexibility index (Phi) is 12.1. The van der Waals surface area contributed by atoms with Crippen molar-refractivity contribution in [2.75, 3.05) is 9.80 Å². The normalized spacial score (nSPS) is 17.3. The molecule has 4 heterocycles. The predicted molar refractivity (Wildman–Crippen MR) is 328 cm³/mol. The molecule has 0 saturated heterocycles. The number of aryl methyl sites for hydroxylation is 3. The molecule has 11 rings (SSSR count). The van der Waals surface area contributed by atoms with Gasteiger partial charge in [0.1, 0.15) is 11.7 Å². The molecular formula is C72H79N5. The van der Waals surface area contributed by atoms with Crippen molar-refractivity contribution in [2.45, 2.75) is 156 Å². The van der Waals surface area contributed by atoms with E-state index in [1.807, 2.05) is 6.20 Å². The fourth-order valence-electron chi connectivity index (χ4n) is 12.8. The smallest absolute Gasteiger partial charge is 0.137 e. The molecule has 0 unspecified atom stereocenters. The third-order valence-electron chi connectivity index (χ3n) is 17.5. The molecule has 0 spiro atoms. The second-order valence-corrected chi connectivity index (χ2v) is 26.9. The molecule has 1 atom stereocenters. The molecule has 5 nitrogen and oxygen atoms in total. The molecule has 0 aliphatic carbocycles. The first-order valence-corrected chi connectivity index (χ1v) is 27.9. The van der Waals surface area contributed by atoms with Gasteiger partial charge in [-0.3, -0.25) is 9.56 Å². The molecule has 0 fully saturated rings. The van der Waals surface area contributed by atoms with Crippen molar-refractivity contribution in [1.82, 2.24) is 9.55 Å². The number of aliphatic imine (C=N–C) groups is 1. The monoisotopic (exact) mass is 1010 g/mol. The quantitative estimate of drug-likeness (QED) is 0.160. The number of benzene rings is 7. The van der Waals surface area contributed by atoms with E-state index in [2.05, 4.69) is 290 Å². The largest absolute Gasteiger partial charge is 0.317 e. The Balaban J connectivity index is 1.19. The van der Waals surface area contributed by atoms with Crippen LogP contribution < -0.4 is 9.80 Å². The van der Waals surface area contributed by atoms with Gasteiger partial charge in [-0.15, -0.1) is 0 Å². The summed E-state index contributed by atoms with van der Waals surface area (Å²) in [5.74, 6) is 1.85. The van der Waals surface area contributed by atoms with E-state index in [-0.39, 0.29) is 27.6 Å². The number of amidine groups is 1. The van der Waals surface area contributed by atoms with Gasteiger partial charge in [0, 0.05) is 45.2 Å². The average Bonchev–Trinajstić information content (AvgIpc) is 3.97. The van der Waals surface area contributed by atoms with Crippen LogP contribution >= 0.6 is 0 Å². The molecule has 0 amide bonds. The first-order valence-electron chi connectivity index (χ1n) is 27.9. The van der Waals surface area contributed by atoms with Crippen LogP contribution in [0.1, 0.15) is 164 Å². The number of hydrogen-bond donors (Lipinski definition) is 0. The van der Waals surface area contributed by atoms with Crippen LogP contribution in [-0.4, -0.2) is 26.5 Å². The summed E-state index contributed by atoms with van der Waals surface area (Å²) in [6, 6.07) is 60.2. The maximum absolute atomic E-state index is 6.06. The third kappa shape index (κ3) is 8.60. The van der Waals surface area contributed by atoms with Crippen LogP contribution in [0, 0.1) is 20.8 Å². The van der Waals surface area contributed by atoms with Gasteiger partial charge < -0.3 is 9.80 Å². The van der Waals surface area contributed by atoms with Gasteiger partial charge in [0.25, 0.3) is 0 Å². The Bertz CT molecular complexity index is 3740. The lowest BCUT2D eigenvalue weighted by Gasteiger charge is -2.50. The van der Waals surface area contributed by atoms with Gasteiger partial charge in [0.05, 0.1) is 33.5 Å². The molecule has 392 valence electrons. The summed E-state index contributed by atoms with van der Waals surface area (Å²) in [5.41, 5.74) is 18.9. The topological polar surface area (TPSA) is 36.7 Å². The Hall–Kier alpha value is -7.24. The van der Waals surface area contributed by atoms with E-state index in [9.17, 15) is 0 Å². The molecule has 9 aromatic rings. The average molecular weight is 1010 g/mol. The minimum atomic E-state index is -0.595. The fraction of sp³-hybridized carbons (Fsp3) is 0.333. The third-order valence-corrected chi connectivity index (χ3v) is 17.5. The highest BCUT2D eigenvalue weighted by Crippen LogP contribution is 2.56. The van der Waals surface area contributed by atoms with Gasteiger partial charge >= 0.3 is 0 Å². The van der Waals surface area contributed by atoms with Gasteiger partial charge in [-0.05, 0) is 175 Å². The van der Waals surface area contributed by atoms with E-state index in [0.29, 0.717) is 0 Å². The van der Waals surface area contributed by atoms with E-state index in [0.717, 1.165) is 39.6 Å². The summed E-state index contributed by atoms with van der Waals surface area (Å²) < 4.78 is 2.40. The number of aromatic nitrogens is 2. The van der Waals surface area contributed by atoms with Crippen molar-refractivity contribution >= 4 is 50.4 Å². The van der Waals surface area contributed by atoms with Crippen LogP contribution in [0.3, 0.4) is 0 Å².